The van der Waals surface area contributed by atoms with Crippen molar-refractivity contribution in [2.45, 2.75) is 50.1 Å². The van der Waals surface area contributed by atoms with Crippen LogP contribution in [0, 0.1) is 0 Å². The number of hydrogen-bond donors (Lipinski definition) is 2. The average Bonchev–Trinajstić information content (AvgIpc) is 2.87. The molecule has 3 rings (SSSR count). The van der Waals surface area contributed by atoms with Crippen molar-refractivity contribution >= 4 is 5.95 Å². The van der Waals surface area contributed by atoms with E-state index in [1.807, 2.05) is 6.07 Å². The van der Waals surface area contributed by atoms with Gasteiger partial charge in [0.2, 0.25) is 5.95 Å². The van der Waals surface area contributed by atoms with Gasteiger partial charge in [-0.2, -0.15) is 0 Å². The van der Waals surface area contributed by atoms with Crippen LogP contribution < -0.4 is 11.5 Å². The second-order valence-electron chi connectivity index (χ2n) is 5.89. The number of hydrogen-bond acceptors (Lipinski definition) is 5. The van der Waals surface area contributed by atoms with Crippen LogP contribution in [0.25, 0.3) is 0 Å². The highest BCUT2D eigenvalue weighted by molar-refractivity contribution is 5.24. The first kappa shape index (κ1) is 12.8. The molecule has 0 radical (unpaired) electrons. The summed E-state index contributed by atoms with van der Waals surface area (Å²) < 4.78 is 0. The van der Waals surface area contributed by atoms with E-state index in [1.54, 1.807) is 6.20 Å². The zero-order valence-corrected chi connectivity index (χ0v) is 11.4. The molecular formula is C14H23N5. The molecule has 0 spiro atoms. The van der Waals surface area contributed by atoms with Gasteiger partial charge < -0.3 is 11.5 Å². The Morgan fingerprint density at radius 2 is 2.05 bits per heavy atom. The van der Waals surface area contributed by atoms with E-state index in [2.05, 4.69) is 14.9 Å². The zero-order chi connectivity index (χ0) is 13.3. The molecule has 1 saturated heterocycles. The Bertz CT molecular complexity index is 441. The van der Waals surface area contributed by atoms with Crippen molar-refractivity contribution in [1.82, 2.24) is 14.9 Å². The van der Waals surface area contributed by atoms with Crippen LogP contribution in [0.15, 0.2) is 12.3 Å². The predicted molar refractivity (Wildman–Crippen MR) is 75.4 cm³/mol. The first-order chi connectivity index (χ1) is 9.21. The van der Waals surface area contributed by atoms with Crippen LogP contribution >= 0.6 is 0 Å². The summed E-state index contributed by atoms with van der Waals surface area (Å²) >= 11 is 0. The summed E-state index contributed by atoms with van der Waals surface area (Å²) in [6.07, 6.45) is 9.03. The van der Waals surface area contributed by atoms with Gasteiger partial charge in [-0.25, -0.2) is 9.97 Å². The van der Waals surface area contributed by atoms with Gasteiger partial charge in [-0.15, -0.1) is 0 Å². The molecule has 1 saturated carbocycles. The second kappa shape index (κ2) is 5.06. The van der Waals surface area contributed by atoms with Gasteiger partial charge in [0.05, 0.1) is 11.2 Å². The lowest BCUT2D eigenvalue weighted by atomic mass is 9.77. The minimum Gasteiger partial charge on any atom is -0.368 e. The number of aromatic nitrogens is 2. The molecule has 4 N–H and O–H groups in total. The maximum atomic E-state index is 6.10. The maximum absolute atomic E-state index is 6.10. The number of nitrogen functional groups attached to an aromatic ring is 1. The minimum absolute atomic E-state index is 0.0451. The van der Waals surface area contributed by atoms with Crippen LogP contribution in [0.3, 0.4) is 0 Å². The Kier molecular flexibility index (Phi) is 3.41. The molecule has 1 aromatic rings. The van der Waals surface area contributed by atoms with Crippen molar-refractivity contribution in [3.8, 4) is 0 Å². The molecular weight excluding hydrogens is 238 g/mol. The molecule has 5 heteroatoms. The van der Waals surface area contributed by atoms with E-state index >= 15 is 0 Å². The van der Waals surface area contributed by atoms with Gasteiger partial charge in [-0.05, 0) is 25.3 Å². The summed E-state index contributed by atoms with van der Waals surface area (Å²) in [6.45, 7) is 2.05. The Morgan fingerprint density at radius 3 is 2.68 bits per heavy atom. The molecule has 1 aliphatic heterocycles. The van der Waals surface area contributed by atoms with Crippen LogP contribution in [0.1, 0.15) is 44.2 Å². The van der Waals surface area contributed by atoms with Gasteiger partial charge in [0, 0.05) is 25.3 Å². The fraction of sp³-hybridized carbons (Fsp3) is 0.714. The molecule has 1 aliphatic carbocycles. The van der Waals surface area contributed by atoms with Crippen molar-refractivity contribution in [2.24, 2.45) is 5.73 Å². The van der Waals surface area contributed by atoms with Crippen LogP contribution in [-0.2, 0) is 5.54 Å². The lowest BCUT2D eigenvalue weighted by molar-refractivity contribution is 0.0652. The van der Waals surface area contributed by atoms with Crippen molar-refractivity contribution in [2.75, 3.05) is 18.8 Å². The third kappa shape index (κ3) is 2.32. The third-order valence-corrected chi connectivity index (χ3v) is 4.66. The topological polar surface area (TPSA) is 81.1 Å². The van der Waals surface area contributed by atoms with Crippen LogP contribution in [0.4, 0.5) is 5.95 Å². The van der Waals surface area contributed by atoms with Crippen molar-refractivity contribution in [1.29, 1.82) is 0 Å². The maximum Gasteiger partial charge on any atom is 0.220 e. The van der Waals surface area contributed by atoms with E-state index in [1.165, 1.54) is 19.3 Å². The number of rotatable bonds is 2. The van der Waals surface area contributed by atoms with E-state index in [-0.39, 0.29) is 5.54 Å². The summed E-state index contributed by atoms with van der Waals surface area (Å²) in [5.41, 5.74) is 13.0. The molecule has 2 fully saturated rings. The van der Waals surface area contributed by atoms with Crippen molar-refractivity contribution < 1.29 is 0 Å². The van der Waals surface area contributed by atoms with Crippen LogP contribution in [0.2, 0.25) is 0 Å². The normalized spacial score (nSPS) is 27.5. The van der Waals surface area contributed by atoms with Gasteiger partial charge in [0.1, 0.15) is 0 Å². The Morgan fingerprint density at radius 1 is 1.26 bits per heavy atom. The number of anilines is 1. The summed E-state index contributed by atoms with van der Waals surface area (Å²) in [5.74, 6) is 0.381. The highest BCUT2D eigenvalue weighted by atomic mass is 15.2. The lowest BCUT2D eigenvalue weighted by Crippen LogP contribution is -2.47. The predicted octanol–water partition coefficient (Wildman–Crippen LogP) is 1.25. The first-order valence-electron chi connectivity index (χ1n) is 7.30. The van der Waals surface area contributed by atoms with Crippen LogP contribution in [-0.4, -0.2) is 34.0 Å². The standard InChI is InChI=1S/C14H23N5/c15-11-5-9-19(10-11)14(6-2-1-3-7-14)12-4-8-17-13(16)18-12/h4,8,11H,1-3,5-7,9-10,15H2,(H2,16,17,18)/t11-/m1/s1. The summed E-state index contributed by atoms with van der Waals surface area (Å²) in [6, 6.07) is 2.34. The fourth-order valence-electron chi connectivity index (χ4n) is 3.68. The SMILES string of the molecule is Nc1nccc(C2(N3CC[C@@H](N)C3)CCCCC2)n1. The van der Waals surface area contributed by atoms with Gasteiger partial charge in [-0.1, -0.05) is 19.3 Å². The third-order valence-electron chi connectivity index (χ3n) is 4.66. The highest BCUT2D eigenvalue weighted by Crippen LogP contribution is 2.43. The number of nitrogens with zero attached hydrogens (tertiary/aromatic N) is 3. The number of nitrogens with two attached hydrogens (primary N) is 2. The van der Waals surface area contributed by atoms with Gasteiger partial charge >= 0.3 is 0 Å². The van der Waals surface area contributed by atoms with E-state index in [0.29, 0.717) is 12.0 Å². The molecule has 0 aromatic carbocycles. The van der Waals surface area contributed by atoms with E-state index in [9.17, 15) is 0 Å². The lowest BCUT2D eigenvalue weighted by Gasteiger charge is -2.44. The van der Waals surface area contributed by atoms with Crippen molar-refractivity contribution in [3.05, 3.63) is 18.0 Å². The molecule has 0 amide bonds. The van der Waals surface area contributed by atoms with E-state index < -0.39 is 0 Å². The van der Waals surface area contributed by atoms with Crippen molar-refractivity contribution in [3.63, 3.8) is 0 Å². The fourth-order valence-corrected chi connectivity index (χ4v) is 3.68. The Hall–Kier alpha value is -1.20. The summed E-state index contributed by atoms with van der Waals surface area (Å²) in [7, 11) is 0. The van der Waals surface area contributed by atoms with Gasteiger partial charge in [0.25, 0.3) is 0 Å². The van der Waals surface area contributed by atoms with Crippen LogP contribution in [0.5, 0.6) is 0 Å². The van der Waals surface area contributed by atoms with Gasteiger partial charge in [-0.3, -0.25) is 4.90 Å². The minimum atomic E-state index is 0.0451. The zero-order valence-electron chi connectivity index (χ0n) is 11.4. The van der Waals surface area contributed by atoms with E-state index in [4.69, 9.17) is 11.5 Å². The molecule has 5 nitrogen and oxygen atoms in total. The summed E-state index contributed by atoms with van der Waals surface area (Å²) in [4.78, 5) is 11.1. The molecule has 0 bridgehead atoms. The Balaban J connectivity index is 1.96. The largest absolute Gasteiger partial charge is 0.368 e. The smallest absolute Gasteiger partial charge is 0.220 e. The summed E-state index contributed by atoms with van der Waals surface area (Å²) in [5, 5.41) is 0. The molecule has 2 aliphatic rings. The molecule has 0 unspecified atom stereocenters. The molecule has 1 aromatic heterocycles. The molecule has 104 valence electrons. The average molecular weight is 261 g/mol. The monoisotopic (exact) mass is 261 g/mol. The molecule has 2 heterocycles. The second-order valence-corrected chi connectivity index (χ2v) is 5.89. The molecule has 1 atom stereocenters. The molecule has 19 heavy (non-hydrogen) atoms. The quantitative estimate of drug-likeness (QED) is 0.837. The first-order valence-corrected chi connectivity index (χ1v) is 7.30. The Labute approximate surface area is 114 Å². The number of likely N-dealkylation sites (tertiary alicyclic amines) is 1. The van der Waals surface area contributed by atoms with E-state index in [0.717, 1.165) is 38.0 Å². The van der Waals surface area contributed by atoms with Gasteiger partial charge in [0.15, 0.2) is 0 Å². The highest BCUT2D eigenvalue weighted by Gasteiger charge is 2.43.